The van der Waals surface area contributed by atoms with Crippen LogP contribution in [0, 0.1) is 22.7 Å². The Morgan fingerprint density at radius 3 is 2.40 bits per heavy atom. The second-order valence-corrected chi connectivity index (χ2v) is 3.89. The lowest BCUT2D eigenvalue weighted by Gasteiger charge is -2.04. The van der Waals surface area contributed by atoms with E-state index >= 15 is 0 Å². The molecule has 0 aliphatic rings. The van der Waals surface area contributed by atoms with E-state index in [4.69, 9.17) is 15.3 Å². The van der Waals surface area contributed by atoms with Crippen LogP contribution in [-0.2, 0) is 14.3 Å². The maximum absolute atomic E-state index is 11.7. The van der Waals surface area contributed by atoms with Gasteiger partial charge in [0.1, 0.15) is 12.2 Å². The average molecular weight is 268 g/mol. The van der Waals surface area contributed by atoms with E-state index in [2.05, 4.69) is 0 Å². The SMILES string of the molecule is CC(=O)C(=Cc1ccc(C#N)cc1)C(=O)OCCC#N. The summed E-state index contributed by atoms with van der Waals surface area (Å²) in [6, 6.07) is 10.3. The first kappa shape index (κ1) is 15.1. The summed E-state index contributed by atoms with van der Waals surface area (Å²) in [5.74, 6) is -1.17. The summed E-state index contributed by atoms with van der Waals surface area (Å²) in [5, 5.41) is 17.0. The largest absolute Gasteiger partial charge is 0.461 e. The average Bonchev–Trinajstić information content (AvgIpc) is 2.45. The molecule has 0 heterocycles. The lowest BCUT2D eigenvalue weighted by atomic mass is 10.1. The molecule has 0 aliphatic carbocycles. The third-order valence-electron chi connectivity index (χ3n) is 2.40. The number of carbonyl (C=O) groups is 2. The maximum atomic E-state index is 11.7. The Balaban J connectivity index is 2.92. The standard InChI is InChI=1S/C15H12N2O3/c1-11(18)14(15(19)20-8-2-7-16)9-12-3-5-13(10-17)6-4-12/h3-6,9H,2,8H2,1H3. The highest BCUT2D eigenvalue weighted by Crippen LogP contribution is 2.11. The molecule has 20 heavy (non-hydrogen) atoms. The van der Waals surface area contributed by atoms with Crippen LogP contribution in [0.25, 0.3) is 6.08 Å². The quantitative estimate of drug-likeness (QED) is 0.268. The number of nitrogens with zero attached hydrogens (tertiary/aromatic N) is 2. The van der Waals surface area contributed by atoms with Gasteiger partial charge in [-0.1, -0.05) is 12.1 Å². The molecular weight excluding hydrogens is 256 g/mol. The predicted octanol–water partition coefficient (Wildman–Crippen LogP) is 1.99. The van der Waals surface area contributed by atoms with E-state index in [0.717, 1.165) is 0 Å². The van der Waals surface area contributed by atoms with Crippen molar-refractivity contribution in [2.45, 2.75) is 13.3 Å². The van der Waals surface area contributed by atoms with Gasteiger partial charge in [0.2, 0.25) is 0 Å². The van der Waals surface area contributed by atoms with Crippen molar-refractivity contribution in [3.63, 3.8) is 0 Å². The molecule has 0 amide bonds. The molecule has 0 saturated carbocycles. The molecule has 0 atom stereocenters. The van der Waals surface area contributed by atoms with Crippen LogP contribution in [0.3, 0.4) is 0 Å². The minimum atomic E-state index is -0.753. The lowest BCUT2D eigenvalue weighted by molar-refractivity contribution is -0.140. The van der Waals surface area contributed by atoms with Gasteiger partial charge in [0.05, 0.1) is 24.1 Å². The Morgan fingerprint density at radius 2 is 1.90 bits per heavy atom. The fraction of sp³-hybridized carbons (Fsp3) is 0.200. The number of rotatable bonds is 5. The van der Waals surface area contributed by atoms with Gasteiger partial charge in [0, 0.05) is 0 Å². The summed E-state index contributed by atoms with van der Waals surface area (Å²) in [4.78, 5) is 23.2. The molecule has 0 aromatic heterocycles. The van der Waals surface area contributed by atoms with Gasteiger partial charge in [-0.25, -0.2) is 4.79 Å². The summed E-state index contributed by atoms with van der Waals surface area (Å²) >= 11 is 0. The third kappa shape index (κ3) is 4.40. The number of ether oxygens (including phenoxy) is 1. The van der Waals surface area contributed by atoms with Crippen molar-refractivity contribution in [1.29, 1.82) is 10.5 Å². The Kier molecular flexibility index (Phi) is 5.68. The Morgan fingerprint density at radius 1 is 1.25 bits per heavy atom. The molecule has 1 aromatic carbocycles. The van der Waals surface area contributed by atoms with Crippen molar-refractivity contribution in [3.05, 3.63) is 41.0 Å². The van der Waals surface area contributed by atoms with E-state index in [-0.39, 0.29) is 18.6 Å². The van der Waals surface area contributed by atoms with E-state index in [0.29, 0.717) is 11.1 Å². The molecule has 0 aliphatic heterocycles. The van der Waals surface area contributed by atoms with Crippen LogP contribution in [0.2, 0.25) is 0 Å². The van der Waals surface area contributed by atoms with Crippen molar-refractivity contribution < 1.29 is 14.3 Å². The monoisotopic (exact) mass is 268 g/mol. The van der Waals surface area contributed by atoms with Gasteiger partial charge in [-0.15, -0.1) is 0 Å². The van der Waals surface area contributed by atoms with E-state index in [9.17, 15) is 9.59 Å². The third-order valence-corrected chi connectivity index (χ3v) is 2.40. The van der Waals surface area contributed by atoms with Gasteiger partial charge in [-0.05, 0) is 30.7 Å². The molecule has 0 unspecified atom stereocenters. The van der Waals surface area contributed by atoms with Gasteiger partial charge in [0.15, 0.2) is 5.78 Å². The molecule has 0 saturated heterocycles. The molecule has 100 valence electrons. The zero-order valence-corrected chi connectivity index (χ0v) is 10.9. The van der Waals surface area contributed by atoms with E-state index < -0.39 is 11.8 Å². The Labute approximate surface area is 116 Å². The minimum Gasteiger partial charge on any atom is -0.461 e. The summed E-state index contributed by atoms with van der Waals surface area (Å²) in [6.45, 7) is 1.22. The van der Waals surface area contributed by atoms with Crippen LogP contribution in [-0.4, -0.2) is 18.4 Å². The molecular formula is C15H12N2O3. The van der Waals surface area contributed by atoms with Crippen LogP contribution in [0.15, 0.2) is 29.8 Å². The molecule has 0 N–H and O–H groups in total. The predicted molar refractivity (Wildman–Crippen MR) is 71.0 cm³/mol. The summed E-state index contributed by atoms with van der Waals surface area (Å²) in [7, 11) is 0. The topological polar surface area (TPSA) is 90.9 Å². The fourth-order valence-electron chi connectivity index (χ4n) is 1.39. The number of ketones is 1. The molecule has 0 fully saturated rings. The van der Waals surface area contributed by atoms with Crippen molar-refractivity contribution in [1.82, 2.24) is 0 Å². The maximum Gasteiger partial charge on any atom is 0.341 e. The zero-order chi connectivity index (χ0) is 15.0. The van der Waals surface area contributed by atoms with Gasteiger partial charge < -0.3 is 4.74 Å². The molecule has 1 aromatic rings. The van der Waals surface area contributed by atoms with Crippen molar-refractivity contribution in [2.75, 3.05) is 6.61 Å². The molecule has 0 spiro atoms. The Hall–Kier alpha value is -2.92. The highest BCUT2D eigenvalue weighted by molar-refractivity contribution is 6.19. The first-order valence-corrected chi connectivity index (χ1v) is 5.85. The van der Waals surface area contributed by atoms with Gasteiger partial charge >= 0.3 is 5.97 Å². The van der Waals surface area contributed by atoms with Gasteiger partial charge in [0.25, 0.3) is 0 Å². The Bertz CT molecular complexity index is 616. The molecule has 5 nitrogen and oxygen atoms in total. The first-order valence-electron chi connectivity index (χ1n) is 5.85. The molecule has 0 bridgehead atoms. The number of carbonyl (C=O) groups excluding carboxylic acids is 2. The number of nitriles is 2. The molecule has 0 radical (unpaired) electrons. The van der Waals surface area contributed by atoms with Crippen LogP contribution in [0.5, 0.6) is 0 Å². The minimum absolute atomic E-state index is 0.0483. The number of benzene rings is 1. The lowest BCUT2D eigenvalue weighted by Crippen LogP contribution is -2.14. The molecule has 5 heteroatoms. The van der Waals surface area contributed by atoms with Crippen LogP contribution in [0.1, 0.15) is 24.5 Å². The van der Waals surface area contributed by atoms with E-state index in [1.165, 1.54) is 13.0 Å². The number of esters is 1. The second-order valence-electron chi connectivity index (χ2n) is 3.89. The second kappa shape index (κ2) is 7.50. The molecule has 1 rings (SSSR count). The summed E-state index contributed by atoms with van der Waals surface area (Å²) < 4.78 is 4.82. The fourth-order valence-corrected chi connectivity index (χ4v) is 1.39. The van der Waals surface area contributed by atoms with Gasteiger partial charge in [-0.2, -0.15) is 10.5 Å². The van der Waals surface area contributed by atoms with Crippen molar-refractivity contribution in [2.24, 2.45) is 0 Å². The van der Waals surface area contributed by atoms with E-state index in [1.807, 2.05) is 12.1 Å². The first-order chi connectivity index (χ1) is 9.58. The highest BCUT2D eigenvalue weighted by atomic mass is 16.5. The van der Waals surface area contributed by atoms with Crippen LogP contribution < -0.4 is 0 Å². The van der Waals surface area contributed by atoms with E-state index in [1.54, 1.807) is 24.3 Å². The number of hydrogen-bond acceptors (Lipinski definition) is 5. The van der Waals surface area contributed by atoms with Crippen molar-refractivity contribution in [3.8, 4) is 12.1 Å². The van der Waals surface area contributed by atoms with Crippen molar-refractivity contribution >= 4 is 17.8 Å². The number of hydrogen-bond donors (Lipinski definition) is 0. The summed E-state index contributed by atoms with van der Waals surface area (Å²) in [5.41, 5.74) is 1.02. The smallest absolute Gasteiger partial charge is 0.341 e. The summed E-state index contributed by atoms with van der Waals surface area (Å²) in [6.07, 6.45) is 1.48. The van der Waals surface area contributed by atoms with Gasteiger partial charge in [-0.3, -0.25) is 4.79 Å². The van der Waals surface area contributed by atoms with Crippen LogP contribution >= 0.6 is 0 Å². The zero-order valence-electron chi connectivity index (χ0n) is 10.9. The number of Topliss-reactive ketones (excluding diaryl/α,β-unsaturated/α-hetero) is 1. The normalized spacial score (nSPS) is 10.2. The van der Waals surface area contributed by atoms with Crippen LogP contribution in [0.4, 0.5) is 0 Å². The highest BCUT2D eigenvalue weighted by Gasteiger charge is 2.15.